The summed E-state index contributed by atoms with van der Waals surface area (Å²) in [5.74, 6) is -0.220. The number of aromatic nitrogens is 2. The Morgan fingerprint density at radius 2 is 1.72 bits per heavy atom. The third-order valence-electron chi connectivity index (χ3n) is 5.06. The van der Waals surface area contributed by atoms with E-state index in [1.165, 1.54) is 4.68 Å². The molecule has 0 fully saturated rings. The molecule has 0 saturated carbocycles. The molecule has 0 aliphatic heterocycles. The Hall–Kier alpha value is -2.51. The van der Waals surface area contributed by atoms with Crippen LogP contribution in [-0.2, 0) is 7.05 Å². The van der Waals surface area contributed by atoms with Gasteiger partial charge in [-0.2, -0.15) is 5.10 Å². The molecule has 0 aliphatic carbocycles. The van der Waals surface area contributed by atoms with Crippen molar-refractivity contribution in [2.45, 2.75) is 13.8 Å². The first-order valence-corrected chi connectivity index (χ1v) is 10.5. The summed E-state index contributed by atoms with van der Waals surface area (Å²) in [4.78, 5) is 30.1. The van der Waals surface area contributed by atoms with Crippen molar-refractivity contribution < 1.29 is 4.79 Å². The lowest BCUT2D eigenvalue weighted by atomic mass is 10.1. The number of carbonyl (C=O) groups excluding carboxylic acids is 1. The third-order valence-corrected chi connectivity index (χ3v) is 5.55. The number of carbonyl (C=O) groups is 1. The number of halogens is 1. The van der Waals surface area contributed by atoms with Gasteiger partial charge in [0, 0.05) is 35.7 Å². The Labute approximate surface area is 178 Å². The predicted molar refractivity (Wildman–Crippen MR) is 121 cm³/mol. The van der Waals surface area contributed by atoms with Crippen molar-refractivity contribution in [2.75, 3.05) is 31.1 Å². The van der Waals surface area contributed by atoms with Gasteiger partial charge in [0.2, 0.25) is 0 Å². The molecule has 0 bridgehead atoms. The van der Waals surface area contributed by atoms with Gasteiger partial charge in [-0.1, -0.05) is 54.0 Å². The molecule has 0 saturated heterocycles. The van der Waals surface area contributed by atoms with Crippen LogP contribution in [0.15, 0.2) is 57.8 Å². The number of likely N-dealkylation sites (N-methyl/N-ethyl adjacent to an activating group) is 1. The second-order valence-corrected chi connectivity index (χ2v) is 7.70. The number of anilines is 1. The molecule has 7 heteroatoms. The normalized spacial score (nSPS) is 11.2. The van der Waals surface area contributed by atoms with Crippen molar-refractivity contribution >= 4 is 38.3 Å². The molecular weight excluding hydrogens is 432 g/mol. The fourth-order valence-electron chi connectivity index (χ4n) is 3.36. The lowest BCUT2D eigenvalue weighted by Crippen LogP contribution is -2.40. The van der Waals surface area contributed by atoms with Gasteiger partial charge in [0.1, 0.15) is 0 Å². The number of benzene rings is 2. The average molecular weight is 457 g/mol. The summed E-state index contributed by atoms with van der Waals surface area (Å²) < 4.78 is 2.13. The van der Waals surface area contributed by atoms with E-state index < -0.39 is 0 Å². The third kappa shape index (κ3) is 4.57. The second-order valence-electron chi connectivity index (χ2n) is 6.79. The Morgan fingerprint density at radius 3 is 2.38 bits per heavy atom. The van der Waals surface area contributed by atoms with Gasteiger partial charge < -0.3 is 9.80 Å². The van der Waals surface area contributed by atoms with Crippen molar-refractivity contribution in [3.8, 4) is 0 Å². The van der Waals surface area contributed by atoms with Crippen LogP contribution in [-0.4, -0.2) is 46.8 Å². The molecule has 1 heterocycles. The predicted octanol–water partition coefficient (Wildman–Crippen LogP) is 3.68. The molecule has 3 aromatic rings. The van der Waals surface area contributed by atoms with E-state index in [1.807, 2.05) is 30.3 Å². The summed E-state index contributed by atoms with van der Waals surface area (Å²) in [6, 6.07) is 14.8. The lowest BCUT2D eigenvalue weighted by molar-refractivity contribution is 0.0978. The van der Waals surface area contributed by atoms with Gasteiger partial charge in [0.15, 0.2) is 5.69 Å². The zero-order valence-electron chi connectivity index (χ0n) is 16.9. The zero-order valence-corrected chi connectivity index (χ0v) is 18.5. The van der Waals surface area contributed by atoms with E-state index in [-0.39, 0.29) is 17.2 Å². The first-order valence-electron chi connectivity index (χ1n) is 9.72. The highest BCUT2D eigenvalue weighted by atomic mass is 79.9. The van der Waals surface area contributed by atoms with Gasteiger partial charge in [-0.15, -0.1) is 0 Å². The van der Waals surface area contributed by atoms with E-state index in [2.05, 4.69) is 39.8 Å². The number of nitrogens with zero attached hydrogens (tertiary/aromatic N) is 4. The van der Waals surface area contributed by atoms with Crippen LogP contribution >= 0.6 is 15.9 Å². The van der Waals surface area contributed by atoms with Crippen molar-refractivity contribution in [2.24, 2.45) is 7.05 Å². The molecule has 0 atom stereocenters. The highest BCUT2D eigenvalue weighted by Gasteiger charge is 2.23. The summed E-state index contributed by atoms with van der Waals surface area (Å²) in [5.41, 5.74) is 0.854. The topological polar surface area (TPSA) is 58.4 Å². The highest BCUT2D eigenvalue weighted by molar-refractivity contribution is 9.10. The Kier molecular flexibility index (Phi) is 6.82. The molecule has 1 aromatic heterocycles. The van der Waals surface area contributed by atoms with Gasteiger partial charge in [0.25, 0.3) is 11.5 Å². The quantitative estimate of drug-likeness (QED) is 0.543. The Balaban J connectivity index is 2.08. The van der Waals surface area contributed by atoms with Crippen LogP contribution in [0.25, 0.3) is 10.8 Å². The maximum Gasteiger partial charge on any atom is 0.279 e. The number of hydrogen-bond acceptors (Lipinski definition) is 4. The number of amides is 1. The molecule has 1 amide bonds. The van der Waals surface area contributed by atoms with Gasteiger partial charge in [-0.05, 0) is 37.4 Å². The minimum absolute atomic E-state index is 0.214. The van der Waals surface area contributed by atoms with Crippen LogP contribution < -0.4 is 10.5 Å². The minimum Gasteiger partial charge on any atom is -0.306 e. The summed E-state index contributed by atoms with van der Waals surface area (Å²) in [5, 5.41) is 5.39. The molecule has 0 aliphatic rings. The van der Waals surface area contributed by atoms with E-state index >= 15 is 0 Å². The summed E-state index contributed by atoms with van der Waals surface area (Å²) in [6.07, 6.45) is 0. The fraction of sp³-hybridized carbons (Fsp3) is 0.318. The van der Waals surface area contributed by atoms with Crippen molar-refractivity contribution in [1.82, 2.24) is 14.7 Å². The Morgan fingerprint density at radius 1 is 1.03 bits per heavy atom. The average Bonchev–Trinajstić information content (AvgIpc) is 2.73. The van der Waals surface area contributed by atoms with Crippen molar-refractivity contribution in [1.29, 1.82) is 0 Å². The van der Waals surface area contributed by atoms with Crippen LogP contribution in [0.2, 0.25) is 0 Å². The molecule has 0 radical (unpaired) electrons. The van der Waals surface area contributed by atoms with E-state index in [9.17, 15) is 9.59 Å². The van der Waals surface area contributed by atoms with Crippen LogP contribution in [0.5, 0.6) is 0 Å². The van der Waals surface area contributed by atoms with Crippen LogP contribution in [0.1, 0.15) is 24.3 Å². The molecule has 2 aromatic carbocycles. The van der Waals surface area contributed by atoms with E-state index in [4.69, 9.17) is 0 Å². The molecule has 0 N–H and O–H groups in total. The molecule has 6 nitrogen and oxygen atoms in total. The van der Waals surface area contributed by atoms with Gasteiger partial charge in [-0.25, -0.2) is 4.68 Å². The van der Waals surface area contributed by atoms with E-state index in [0.29, 0.717) is 17.3 Å². The number of rotatable bonds is 7. The molecule has 29 heavy (non-hydrogen) atoms. The summed E-state index contributed by atoms with van der Waals surface area (Å²) in [7, 11) is 1.57. The Bertz CT molecular complexity index is 1080. The highest BCUT2D eigenvalue weighted by Crippen LogP contribution is 2.23. The number of fused-ring (bicyclic) bond motifs is 1. The van der Waals surface area contributed by atoms with Crippen LogP contribution in [0.4, 0.5) is 5.69 Å². The van der Waals surface area contributed by atoms with Gasteiger partial charge in [-0.3, -0.25) is 9.59 Å². The standard InChI is InChI=1S/C22H25BrN4O2/c1-4-26(5-2)13-14-27(17-10-8-9-16(23)15-17)22(29)20-18-11-6-7-12-19(18)21(28)25(3)24-20/h6-12,15H,4-5,13-14H2,1-3H3. The summed E-state index contributed by atoms with van der Waals surface area (Å²) in [6.45, 7) is 7.31. The van der Waals surface area contributed by atoms with Gasteiger partial charge in [0.05, 0.1) is 5.39 Å². The monoisotopic (exact) mass is 456 g/mol. The molecular formula is C22H25BrN4O2. The van der Waals surface area contributed by atoms with E-state index in [0.717, 1.165) is 29.8 Å². The largest absolute Gasteiger partial charge is 0.306 e. The molecule has 0 unspecified atom stereocenters. The fourth-order valence-corrected chi connectivity index (χ4v) is 3.75. The number of hydrogen-bond donors (Lipinski definition) is 0. The maximum atomic E-state index is 13.6. The van der Waals surface area contributed by atoms with Crippen molar-refractivity contribution in [3.63, 3.8) is 0 Å². The lowest BCUT2D eigenvalue weighted by Gasteiger charge is -2.27. The molecule has 152 valence electrons. The van der Waals surface area contributed by atoms with Crippen molar-refractivity contribution in [3.05, 3.63) is 69.1 Å². The van der Waals surface area contributed by atoms with E-state index in [1.54, 1.807) is 30.1 Å². The van der Waals surface area contributed by atoms with Crippen LogP contribution in [0.3, 0.4) is 0 Å². The second kappa shape index (κ2) is 9.33. The first kappa shape index (κ1) is 21.2. The first-order chi connectivity index (χ1) is 14.0. The zero-order chi connectivity index (χ0) is 21.0. The van der Waals surface area contributed by atoms with Gasteiger partial charge >= 0.3 is 0 Å². The molecule has 3 rings (SSSR count). The smallest absolute Gasteiger partial charge is 0.279 e. The molecule has 0 spiro atoms. The minimum atomic E-state index is -0.220. The summed E-state index contributed by atoms with van der Waals surface area (Å²) >= 11 is 3.49. The number of aryl methyl sites for hydroxylation is 1. The maximum absolute atomic E-state index is 13.6. The SMILES string of the molecule is CCN(CC)CCN(C(=O)c1nn(C)c(=O)c2ccccc12)c1cccc(Br)c1. The van der Waals surface area contributed by atoms with Crippen LogP contribution in [0, 0.1) is 0 Å².